The van der Waals surface area contributed by atoms with Crippen molar-refractivity contribution in [1.29, 1.82) is 0 Å². The summed E-state index contributed by atoms with van der Waals surface area (Å²) in [5.74, 6) is 1.06. The smallest absolute Gasteiger partial charge is 0.122 e. The highest BCUT2D eigenvalue weighted by Gasteiger charge is 2.12. The van der Waals surface area contributed by atoms with Crippen LogP contribution in [-0.4, -0.2) is 39.5 Å². The number of aryl methyl sites for hydroxylation is 2. The first-order valence-corrected chi connectivity index (χ1v) is 7.79. The van der Waals surface area contributed by atoms with Gasteiger partial charge in [0.25, 0.3) is 0 Å². The quantitative estimate of drug-likeness (QED) is 0.800. The Bertz CT molecular complexity index is 425. The average Bonchev–Trinajstić information content (AvgIpc) is 2.44. The van der Waals surface area contributed by atoms with E-state index in [1.807, 2.05) is 0 Å². The van der Waals surface area contributed by atoms with E-state index >= 15 is 0 Å². The Kier molecular flexibility index (Phi) is 5.86. The lowest BCUT2D eigenvalue weighted by Gasteiger charge is -2.23. The lowest BCUT2D eigenvalue weighted by Crippen LogP contribution is -3.14. The van der Waals surface area contributed by atoms with Gasteiger partial charge in [-0.3, -0.25) is 0 Å². The van der Waals surface area contributed by atoms with Gasteiger partial charge in [0.2, 0.25) is 0 Å². The van der Waals surface area contributed by atoms with Crippen molar-refractivity contribution in [2.75, 3.05) is 39.5 Å². The highest BCUT2D eigenvalue weighted by Crippen LogP contribution is 2.23. The van der Waals surface area contributed by atoms with E-state index in [1.54, 1.807) is 4.90 Å². The Balaban J connectivity index is 1.68. The molecule has 1 saturated heterocycles. The third-order valence-corrected chi connectivity index (χ3v) is 4.15. The molecule has 20 heavy (non-hydrogen) atoms. The van der Waals surface area contributed by atoms with Crippen LogP contribution in [0.25, 0.3) is 0 Å². The molecule has 0 saturated carbocycles. The highest BCUT2D eigenvalue weighted by atomic mass is 16.5. The van der Waals surface area contributed by atoms with Crippen LogP contribution in [0.5, 0.6) is 5.75 Å². The summed E-state index contributed by atoms with van der Waals surface area (Å²) in [6.45, 7) is 12.7. The molecule has 0 unspecified atom stereocenters. The van der Waals surface area contributed by atoms with E-state index in [1.165, 1.54) is 29.7 Å². The van der Waals surface area contributed by atoms with Crippen LogP contribution in [0.15, 0.2) is 12.1 Å². The van der Waals surface area contributed by atoms with Gasteiger partial charge in [0.05, 0.1) is 26.4 Å². The maximum atomic E-state index is 5.95. The van der Waals surface area contributed by atoms with E-state index in [0.717, 1.165) is 45.1 Å². The molecule has 0 aromatic heterocycles. The van der Waals surface area contributed by atoms with Gasteiger partial charge in [0.1, 0.15) is 18.8 Å². The van der Waals surface area contributed by atoms with Gasteiger partial charge in [0, 0.05) is 0 Å². The van der Waals surface area contributed by atoms with Gasteiger partial charge in [0.15, 0.2) is 0 Å². The second-order valence-electron chi connectivity index (χ2n) is 5.87. The van der Waals surface area contributed by atoms with E-state index in [4.69, 9.17) is 9.47 Å². The molecule has 0 amide bonds. The van der Waals surface area contributed by atoms with Crippen molar-refractivity contribution < 1.29 is 14.4 Å². The van der Waals surface area contributed by atoms with Gasteiger partial charge in [-0.15, -0.1) is 0 Å². The molecule has 112 valence electrons. The summed E-state index contributed by atoms with van der Waals surface area (Å²) in [6.07, 6.45) is 2.37. The van der Waals surface area contributed by atoms with Gasteiger partial charge < -0.3 is 14.4 Å². The number of ether oxygens (including phenoxy) is 2. The zero-order valence-corrected chi connectivity index (χ0v) is 13.1. The molecule has 0 atom stereocenters. The number of morpholine rings is 1. The monoisotopic (exact) mass is 278 g/mol. The van der Waals surface area contributed by atoms with Crippen LogP contribution in [-0.2, 0) is 4.74 Å². The standard InChI is InChI=1S/C17H27NO2/c1-14-12-15(2)16(3)17(13-14)20-9-5-4-6-18-7-10-19-11-8-18/h12-13H,4-11H2,1-3H3/p+1. The van der Waals surface area contributed by atoms with Gasteiger partial charge in [-0.05, 0) is 56.4 Å². The summed E-state index contributed by atoms with van der Waals surface area (Å²) < 4.78 is 11.3. The minimum Gasteiger partial charge on any atom is -0.493 e. The first kappa shape index (κ1) is 15.3. The van der Waals surface area contributed by atoms with Crippen LogP contribution in [0.1, 0.15) is 29.5 Å². The average molecular weight is 278 g/mol. The van der Waals surface area contributed by atoms with Crippen LogP contribution in [0, 0.1) is 20.8 Å². The van der Waals surface area contributed by atoms with Crippen LogP contribution < -0.4 is 9.64 Å². The summed E-state index contributed by atoms with van der Waals surface area (Å²) in [6, 6.07) is 4.36. The summed E-state index contributed by atoms with van der Waals surface area (Å²) in [5.41, 5.74) is 3.87. The van der Waals surface area contributed by atoms with Crippen LogP contribution in [0.4, 0.5) is 0 Å². The molecule has 0 spiro atoms. The second-order valence-corrected chi connectivity index (χ2v) is 5.87. The van der Waals surface area contributed by atoms with Crippen molar-refractivity contribution in [2.24, 2.45) is 0 Å². The maximum Gasteiger partial charge on any atom is 0.122 e. The Labute approximate surface area is 122 Å². The normalized spacial score (nSPS) is 16.4. The van der Waals surface area contributed by atoms with Gasteiger partial charge in [-0.2, -0.15) is 0 Å². The van der Waals surface area contributed by atoms with Crippen LogP contribution in [0.3, 0.4) is 0 Å². The van der Waals surface area contributed by atoms with Gasteiger partial charge in [-0.25, -0.2) is 0 Å². The van der Waals surface area contributed by atoms with Gasteiger partial charge >= 0.3 is 0 Å². The minimum absolute atomic E-state index is 0.827. The molecular formula is C17H28NO2+. The molecular weight excluding hydrogens is 250 g/mol. The minimum atomic E-state index is 0.827. The SMILES string of the molecule is Cc1cc(C)c(C)c(OCCCC[NH+]2CCOCC2)c1. The molecule has 1 aliphatic heterocycles. The molecule has 1 aromatic carbocycles. The van der Waals surface area contributed by atoms with Crippen molar-refractivity contribution in [3.63, 3.8) is 0 Å². The number of nitrogens with one attached hydrogen (secondary N) is 1. The first-order valence-electron chi connectivity index (χ1n) is 7.79. The van der Waals surface area contributed by atoms with Crippen molar-refractivity contribution in [3.05, 3.63) is 28.8 Å². The molecule has 1 aromatic rings. The van der Waals surface area contributed by atoms with Crippen molar-refractivity contribution in [3.8, 4) is 5.75 Å². The fourth-order valence-electron chi connectivity index (χ4n) is 2.72. The summed E-state index contributed by atoms with van der Waals surface area (Å²) >= 11 is 0. The third kappa shape index (κ3) is 4.50. The van der Waals surface area contributed by atoms with E-state index in [-0.39, 0.29) is 0 Å². The zero-order valence-electron chi connectivity index (χ0n) is 13.1. The van der Waals surface area contributed by atoms with Gasteiger partial charge in [-0.1, -0.05) is 6.07 Å². The number of rotatable bonds is 6. The fourth-order valence-corrected chi connectivity index (χ4v) is 2.72. The molecule has 0 bridgehead atoms. The molecule has 1 N–H and O–H groups in total. The van der Waals surface area contributed by atoms with Crippen LogP contribution >= 0.6 is 0 Å². The highest BCUT2D eigenvalue weighted by molar-refractivity contribution is 5.41. The molecule has 1 fully saturated rings. The van der Waals surface area contributed by atoms with Crippen molar-refractivity contribution in [2.45, 2.75) is 33.6 Å². The van der Waals surface area contributed by atoms with Crippen molar-refractivity contribution >= 4 is 0 Å². The lowest BCUT2D eigenvalue weighted by atomic mass is 10.1. The Hall–Kier alpha value is -1.06. The first-order chi connectivity index (χ1) is 9.66. The predicted molar refractivity (Wildman–Crippen MR) is 81.8 cm³/mol. The maximum absolute atomic E-state index is 5.95. The second kappa shape index (κ2) is 7.65. The molecule has 0 radical (unpaired) electrons. The topological polar surface area (TPSA) is 22.9 Å². The Morgan fingerprint density at radius 2 is 1.85 bits per heavy atom. The summed E-state index contributed by atoms with van der Waals surface area (Å²) in [5, 5.41) is 0. The molecule has 2 rings (SSSR count). The number of quaternary nitrogens is 1. The number of hydrogen-bond donors (Lipinski definition) is 1. The Morgan fingerprint density at radius 3 is 2.60 bits per heavy atom. The molecule has 3 heteroatoms. The summed E-state index contributed by atoms with van der Waals surface area (Å²) in [7, 11) is 0. The van der Waals surface area contributed by atoms with Crippen molar-refractivity contribution in [1.82, 2.24) is 0 Å². The van der Waals surface area contributed by atoms with E-state index < -0.39 is 0 Å². The Morgan fingerprint density at radius 1 is 1.10 bits per heavy atom. The summed E-state index contributed by atoms with van der Waals surface area (Å²) in [4.78, 5) is 1.68. The predicted octanol–water partition coefficient (Wildman–Crippen LogP) is 1.69. The van der Waals surface area contributed by atoms with E-state index in [2.05, 4.69) is 32.9 Å². The van der Waals surface area contributed by atoms with E-state index in [9.17, 15) is 0 Å². The zero-order chi connectivity index (χ0) is 14.4. The number of hydrogen-bond acceptors (Lipinski definition) is 2. The largest absolute Gasteiger partial charge is 0.493 e. The number of unbranched alkanes of at least 4 members (excludes halogenated alkanes) is 1. The fraction of sp³-hybridized carbons (Fsp3) is 0.647. The third-order valence-electron chi connectivity index (χ3n) is 4.15. The van der Waals surface area contributed by atoms with Crippen LogP contribution in [0.2, 0.25) is 0 Å². The van der Waals surface area contributed by atoms with E-state index in [0.29, 0.717) is 0 Å². The molecule has 1 aliphatic rings. The molecule has 3 nitrogen and oxygen atoms in total. The number of benzene rings is 1. The molecule has 1 heterocycles. The molecule has 0 aliphatic carbocycles. The lowest BCUT2D eigenvalue weighted by molar-refractivity contribution is -0.908.